The van der Waals surface area contributed by atoms with Gasteiger partial charge in [0.1, 0.15) is 23.2 Å². The van der Waals surface area contributed by atoms with Crippen LogP contribution in [0.1, 0.15) is 16.9 Å². The summed E-state index contributed by atoms with van der Waals surface area (Å²) in [5, 5.41) is 11.2. The number of rotatable bonds is 4. The molecular weight excluding hydrogens is 518 g/mol. The molecule has 0 saturated heterocycles. The molecule has 0 atom stereocenters. The fourth-order valence-electron chi connectivity index (χ4n) is 2.72. The number of alkyl halides is 6. The largest absolute Gasteiger partial charge is 0.457 e. The van der Waals surface area contributed by atoms with Crippen molar-refractivity contribution in [3.8, 4) is 17.4 Å². The number of nitriles is 1. The standard InChI is InChI=1S/C22H11BrF6N2O2/c23-16-3-1-12(2-4-16)19-6-5-18(33-19)7-13(11-30)20(32)31-17-9-14(21(24,25)26)8-15(10-17)22(27,28)29/h1-10H,(H,31,32)/b13-7+. The van der Waals surface area contributed by atoms with Crippen molar-refractivity contribution in [2.24, 2.45) is 0 Å². The van der Waals surface area contributed by atoms with Gasteiger partial charge in [-0.1, -0.05) is 28.1 Å². The van der Waals surface area contributed by atoms with Crippen LogP contribution in [0.3, 0.4) is 0 Å². The summed E-state index contributed by atoms with van der Waals surface area (Å²) in [4.78, 5) is 12.4. The van der Waals surface area contributed by atoms with Crippen molar-refractivity contribution in [3.05, 3.63) is 81.5 Å². The molecule has 1 heterocycles. The summed E-state index contributed by atoms with van der Waals surface area (Å²) in [6, 6.07) is 12.3. The molecule has 0 aliphatic carbocycles. The van der Waals surface area contributed by atoms with Gasteiger partial charge in [0, 0.05) is 21.8 Å². The van der Waals surface area contributed by atoms with E-state index in [1.807, 2.05) is 5.32 Å². The highest BCUT2D eigenvalue weighted by Gasteiger charge is 2.37. The second-order valence-electron chi connectivity index (χ2n) is 6.63. The van der Waals surface area contributed by atoms with Crippen LogP contribution >= 0.6 is 15.9 Å². The van der Waals surface area contributed by atoms with Crippen molar-refractivity contribution in [2.45, 2.75) is 12.4 Å². The van der Waals surface area contributed by atoms with E-state index in [1.165, 1.54) is 6.07 Å². The fourth-order valence-corrected chi connectivity index (χ4v) is 2.98. The van der Waals surface area contributed by atoms with E-state index in [4.69, 9.17) is 4.42 Å². The Labute approximate surface area is 191 Å². The van der Waals surface area contributed by atoms with Crippen LogP contribution in [0.4, 0.5) is 32.0 Å². The van der Waals surface area contributed by atoms with Gasteiger partial charge in [-0.05, 0) is 42.5 Å². The van der Waals surface area contributed by atoms with Crippen LogP contribution in [0.25, 0.3) is 17.4 Å². The van der Waals surface area contributed by atoms with Crippen LogP contribution in [-0.4, -0.2) is 5.91 Å². The summed E-state index contributed by atoms with van der Waals surface area (Å²) in [6.07, 6.45) is -9.13. The minimum atomic E-state index is -5.08. The Kier molecular flexibility index (Phi) is 6.69. The summed E-state index contributed by atoms with van der Waals surface area (Å²) in [5.41, 5.74) is -3.85. The number of anilines is 1. The highest BCUT2D eigenvalue weighted by molar-refractivity contribution is 9.10. The molecule has 1 N–H and O–H groups in total. The number of furan rings is 1. The summed E-state index contributed by atoms with van der Waals surface area (Å²) in [6.45, 7) is 0. The number of hydrogen-bond donors (Lipinski definition) is 1. The Morgan fingerprint density at radius 2 is 1.52 bits per heavy atom. The number of carbonyl (C=O) groups excluding carboxylic acids is 1. The lowest BCUT2D eigenvalue weighted by Crippen LogP contribution is -2.16. The van der Waals surface area contributed by atoms with E-state index < -0.39 is 40.6 Å². The molecule has 0 bridgehead atoms. The maximum Gasteiger partial charge on any atom is 0.416 e. The molecule has 1 amide bonds. The van der Waals surface area contributed by atoms with Gasteiger partial charge in [-0.3, -0.25) is 4.79 Å². The zero-order valence-corrected chi connectivity index (χ0v) is 17.8. The van der Waals surface area contributed by atoms with Crippen LogP contribution < -0.4 is 5.32 Å². The van der Waals surface area contributed by atoms with Gasteiger partial charge in [-0.15, -0.1) is 0 Å². The molecule has 170 valence electrons. The molecule has 0 aliphatic rings. The Balaban J connectivity index is 1.88. The normalized spacial score (nSPS) is 12.4. The predicted octanol–water partition coefficient (Wildman–Crippen LogP) is 7.29. The maximum absolute atomic E-state index is 13.0. The van der Waals surface area contributed by atoms with E-state index in [0.717, 1.165) is 10.5 Å². The number of hydrogen-bond acceptors (Lipinski definition) is 3. The van der Waals surface area contributed by atoms with E-state index in [-0.39, 0.29) is 11.8 Å². The Bertz CT molecular complexity index is 1220. The number of carbonyl (C=O) groups is 1. The van der Waals surface area contributed by atoms with Crippen LogP contribution in [-0.2, 0) is 17.1 Å². The van der Waals surface area contributed by atoms with Crippen molar-refractivity contribution in [1.82, 2.24) is 0 Å². The van der Waals surface area contributed by atoms with Crippen LogP contribution in [0.2, 0.25) is 0 Å². The third kappa shape index (κ3) is 6.04. The predicted molar refractivity (Wildman–Crippen MR) is 111 cm³/mol. The summed E-state index contributed by atoms with van der Waals surface area (Å²) in [5.74, 6) is -0.703. The summed E-state index contributed by atoms with van der Waals surface area (Å²) >= 11 is 3.29. The minimum Gasteiger partial charge on any atom is -0.457 e. The summed E-state index contributed by atoms with van der Waals surface area (Å²) < 4.78 is 84.3. The second kappa shape index (κ2) is 9.15. The monoisotopic (exact) mass is 528 g/mol. The summed E-state index contributed by atoms with van der Waals surface area (Å²) in [7, 11) is 0. The minimum absolute atomic E-state index is 0.0663. The van der Waals surface area contributed by atoms with Crippen LogP contribution in [0, 0.1) is 11.3 Å². The van der Waals surface area contributed by atoms with Gasteiger partial charge < -0.3 is 9.73 Å². The van der Waals surface area contributed by atoms with Crippen molar-refractivity contribution >= 4 is 33.6 Å². The Morgan fingerprint density at radius 3 is 2.03 bits per heavy atom. The molecule has 0 radical (unpaired) electrons. The van der Waals surface area contributed by atoms with Gasteiger partial charge in [0.2, 0.25) is 0 Å². The average Bonchev–Trinajstić information content (AvgIpc) is 3.19. The van der Waals surface area contributed by atoms with Gasteiger partial charge in [0.25, 0.3) is 5.91 Å². The number of amides is 1. The molecule has 3 rings (SSSR count). The number of halogens is 7. The maximum atomic E-state index is 13.0. The van der Waals surface area contributed by atoms with Gasteiger partial charge in [-0.25, -0.2) is 0 Å². The van der Waals surface area contributed by atoms with Crippen molar-refractivity contribution in [1.29, 1.82) is 5.26 Å². The van der Waals surface area contributed by atoms with Gasteiger partial charge in [0.05, 0.1) is 11.1 Å². The number of benzene rings is 2. The fraction of sp³-hybridized carbons (Fsp3) is 0.0909. The molecule has 33 heavy (non-hydrogen) atoms. The molecule has 0 saturated carbocycles. The first-order valence-corrected chi connectivity index (χ1v) is 9.74. The van der Waals surface area contributed by atoms with Crippen molar-refractivity contribution in [3.63, 3.8) is 0 Å². The van der Waals surface area contributed by atoms with E-state index in [2.05, 4.69) is 15.9 Å². The highest BCUT2D eigenvalue weighted by atomic mass is 79.9. The molecule has 0 unspecified atom stereocenters. The Hall–Kier alpha value is -3.52. The zero-order valence-electron chi connectivity index (χ0n) is 16.2. The van der Waals surface area contributed by atoms with Gasteiger partial charge in [0.15, 0.2) is 0 Å². The SMILES string of the molecule is N#C/C(=C\c1ccc(-c2ccc(Br)cc2)o1)C(=O)Nc1cc(C(F)(F)F)cc(C(F)(F)F)c1. The smallest absolute Gasteiger partial charge is 0.416 e. The number of nitrogens with zero attached hydrogens (tertiary/aromatic N) is 1. The third-order valence-corrected chi connectivity index (χ3v) is 4.78. The molecule has 0 aliphatic heterocycles. The lowest BCUT2D eigenvalue weighted by atomic mass is 10.1. The molecule has 2 aromatic carbocycles. The van der Waals surface area contributed by atoms with Crippen LogP contribution in [0.5, 0.6) is 0 Å². The average molecular weight is 529 g/mol. The van der Waals surface area contributed by atoms with Crippen LogP contribution in [0.15, 0.2) is 69.1 Å². The van der Waals surface area contributed by atoms with Gasteiger partial charge >= 0.3 is 12.4 Å². The van der Waals surface area contributed by atoms with Gasteiger partial charge in [-0.2, -0.15) is 31.6 Å². The van der Waals surface area contributed by atoms with E-state index in [0.29, 0.717) is 23.5 Å². The molecule has 3 aromatic rings. The van der Waals surface area contributed by atoms with E-state index in [1.54, 1.807) is 36.4 Å². The first kappa shape index (κ1) is 24.1. The molecule has 0 spiro atoms. The topological polar surface area (TPSA) is 66.0 Å². The quantitative estimate of drug-likeness (QED) is 0.219. The first-order valence-electron chi connectivity index (χ1n) is 8.95. The second-order valence-corrected chi connectivity index (χ2v) is 7.54. The molecule has 11 heteroatoms. The third-order valence-electron chi connectivity index (χ3n) is 4.25. The Morgan fingerprint density at radius 1 is 0.939 bits per heavy atom. The zero-order chi connectivity index (χ0) is 24.4. The first-order chi connectivity index (χ1) is 15.4. The lowest BCUT2D eigenvalue weighted by Gasteiger charge is -2.14. The number of nitrogens with one attached hydrogen (secondary N) is 1. The lowest BCUT2D eigenvalue weighted by molar-refractivity contribution is -0.143. The highest BCUT2D eigenvalue weighted by Crippen LogP contribution is 2.37. The molecular formula is C22H11BrF6N2O2. The van der Waals surface area contributed by atoms with E-state index >= 15 is 0 Å². The van der Waals surface area contributed by atoms with E-state index in [9.17, 15) is 36.4 Å². The molecule has 4 nitrogen and oxygen atoms in total. The van der Waals surface area contributed by atoms with Crippen molar-refractivity contribution in [2.75, 3.05) is 5.32 Å². The van der Waals surface area contributed by atoms with Crippen molar-refractivity contribution < 1.29 is 35.6 Å². The molecule has 1 aromatic heterocycles. The molecule has 0 fully saturated rings.